The molecule has 1 aromatic heterocycles. The lowest BCUT2D eigenvalue weighted by molar-refractivity contribution is 0.248. The highest BCUT2D eigenvalue weighted by molar-refractivity contribution is 5.59. The fourth-order valence-electron chi connectivity index (χ4n) is 2.53. The van der Waals surface area contributed by atoms with Crippen molar-refractivity contribution >= 4 is 17.5 Å². The van der Waals surface area contributed by atoms with E-state index in [0.29, 0.717) is 11.9 Å². The van der Waals surface area contributed by atoms with Gasteiger partial charge < -0.3 is 15.7 Å². The first-order valence-corrected chi connectivity index (χ1v) is 8.56. The van der Waals surface area contributed by atoms with E-state index in [4.69, 9.17) is 0 Å². The van der Waals surface area contributed by atoms with E-state index < -0.39 is 17.5 Å². The van der Waals surface area contributed by atoms with Crippen LogP contribution in [0.4, 0.5) is 30.6 Å². The predicted octanol–water partition coefficient (Wildman–Crippen LogP) is 3.94. The Hall–Kier alpha value is -2.35. The number of hydrogen-bond donors (Lipinski definition) is 3. The number of rotatable bonds is 7. The Labute approximate surface area is 149 Å². The number of anilines is 3. The first-order chi connectivity index (χ1) is 12.4. The number of benzene rings is 1. The number of aromatic nitrogens is 2. The third-order valence-electron chi connectivity index (χ3n) is 4.36. The topological polar surface area (TPSA) is 70.1 Å². The molecule has 140 valence electrons. The van der Waals surface area contributed by atoms with Crippen LogP contribution < -0.4 is 10.6 Å². The fourth-order valence-corrected chi connectivity index (χ4v) is 2.53. The quantitative estimate of drug-likeness (QED) is 0.648. The number of aliphatic hydroxyl groups is 1. The third kappa shape index (κ3) is 4.07. The average molecular weight is 366 g/mol. The first-order valence-electron chi connectivity index (χ1n) is 8.56. The molecule has 0 unspecified atom stereocenters. The molecule has 0 bridgehead atoms. The van der Waals surface area contributed by atoms with Gasteiger partial charge in [0.25, 0.3) is 0 Å². The summed E-state index contributed by atoms with van der Waals surface area (Å²) in [5.41, 5.74) is 0.575. The molecule has 0 aliphatic heterocycles. The van der Waals surface area contributed by atoms with Crippen molar-refractivity contribution in [1.82, 2.24) is 9.97 Å². The van der Waals surface area contributed by atoms with Crippen LogP contribution in [0.25, 0.3) is 0 Å². The second-order valence-electron chi connectivity index (χ2n) is 6.80. The van der Waals surface area contributed by atoms with Gasteiger partial charge in [0.15, 0.2) is 17.5 Å². The van der Waals surface area contributed by atoms with Gasteiger partial charge in [0.2, 0.25) is 5.95 Å². The summed E-state index contributed by atoms with van der Waals surface area (Å²) in [6, 6.07) is 3.40. The van der Waals surface area contributed by atoms with Crippen LogP contribution in [0.15, 0.2) is 18.2 Å². The third-order valence-corrected chi connectivity index (χ3v) is 4.36. The zero-order valence-electron chi connectivity index (χ0n) is 14.6. The molecule has 5 nitrogen and oxygen atoms in total. The maximum absolute atomic E-state index is 13.9. The maximum atomic E-state index is 13.9. The van der Waals surface area contributed by atoms with E-state index in [0.717, 1.165) is 30.7 Å². The summed E-state index contributed by atoms with van der Waals surface area (Å²) in [7, 11) is 0. The molecular formula is C18H21F3N4O. The summed E-state index contributed by atoms with van der Waals surface area (Å²) in [5.74, 6) is -3.07. The van der Waals surface area contributed by atoms with E-state index in [1.807, 2.05) is 13.8 Å². The van der Waals surface area contributed by atoms with Gasteiger partial charge in [-0.05, 0) is 30.9 Å². The van der Waals surface area contributed by atoms with Crippen LogP contribution in [0, 0.1) is 23.4 Å². The number of halogens is 3. The van der Waals surface area contributed by atoms with E-state index in [-0.39, 0.29) is 30.1 Å². The predicted molar refractivity (Wildman–Crippen MR) is 92.9 cm³/mol. The molecule has 0 amide bonds. The number of nitrogens with zero attached hydrogens (tertiary/aromatic N) is 2. The van der Waals surface area contributed by atoms with Crippen molar-refractivity contribution in [2.24, 2.45) is 5.92 Å². The highest BCUT2D eigenvalue weighted by Crippen LogP contribution is 2.40. The van der Waals surface area contributed by atoms with Crippen LogP contribution in [-0.2, 0) is 0 Å². The summed E-state index contributed by atoms with van der Waals surface area (Å²) in [6.45, 7) is 3.82. The van der Waals surface area contributed by atoms with Gasteiger partial charge in [-0.1, -0.05) is 13.8 Å². The zero-order chi connectivity index (χ0) is 18.8. The summed E-state index contributed by atoms with van der Waals surface area (Å²) in [6.07, 6.45) is 2.01. The average Bonchev–Trinajstić information content (AvgIpc) is 3.45. The Morgan fingerprint density at radius 2 is 1.88 bits per heavy atom. The Kier molecular flexibility index (Phi) is 5.31. The molecule has 0 radical (unpaired) electrons. The zero-order valence-corrected chi connectivity index (χ0v) is 14.6. The molecule has 1 atom stereocenters. The van der Waals surface area contributed by atoms with Gasteiger partial charge in [-0.2, -0.15) is 4.98 Å². The molecule has 1 aliphatic rings. The standard InChI is InChI=1S/C18H21F3N4O/c1-9(2)14(8-26)24-18-23-13(10-3-4-10)7-15(25-18)22-12-6-5-11(19)16(20)17(12)21/h5-7,9-10,14,26H,3-4,8H2,1-2H3,(H2,22,23,24,25)/t14-/m0/s1. The minimum absolute atomic E-state index is 0.0880. The van der Waals surface area contributed by atoms with E-state index in [2.05, 4.69) is 20.6 Å². The lowest BCUT2D eigenvalue weighted by Crippen LogP contribution is -2.30. The number of hydrogen-bond acceptors (Lipinski definition) is 5. The molecule has 3 N–H and O–H groups in total. The van der Waals surface area contributed by atoms with E-state index in [1.165, 1.54) is 0 Å². The fraction of sp³-hybridized carbons (Fsp3) is 0.444. The van der Waals surface area contributed by atoms with Crippen molar-refractivity contribution in [2.45, 2.75) is 38.6 Å². The van der Waals surface area contributed by atoms with Gasteiger partial charge in [-0.15, -0.1) is 0 Å². The van der Waals surface area contributed by atoms with Gasteiger partial charge >= 0.3 is 0 Å². The van der Waals surface area contributed by atoms with Gasteiger partial charge in [0.05, 0.1) is 24.0 Å². The minimum Gasteiger partial charge on any atom is -0.394 e. The van der Waals surface area contributed by atoms with Crippen molar-refractivity contribution in [3.05, 3.63) is 41.3 Å². The summed E-state index contributed by atoms with van der Waals surface area (Å²) in [5, 5.41) is 15.2. The smallest absolute Gasteiger partial charge is 0.225 e. The Bertz CT molecular complexity index is 796. The monoisotopic (exact) mass is 366 g/mol. The van der Waals surface area contributed by atoms with Gasteiger partial charge in [-0.3, -0.25) is 0 Å². The summed E-state index contributed by atoms with van der Waals surface area (Å²) in [4.78, 5) is 8.74. The Balaban J connectivity index is 1.90. The molecule has 1 aliphatic carbocycles. The lowest BCUT2D eigenvalue weighted by atomic mass is 10.1. The van der Waals surface area contributed by atoms with Crippen molar-refractivity contribution < 1.29 is 18.3 Å². The highest BCUT2D eigenvalue weighted by atomic mass is 19.2. The normalized spacial score (nSPS) is 15.2. The summed E-state index contributed by atoms with van der Waals surface area (Å²) < 4.78 is 40.5. The molecule has 1 heterocycles. The van der Waals surface area contributed by atoms with Gasteiger partial charge in [0.1, 0.15) is 5.82 Å². The molecule has 0 spiro atoms. The maximum Gasteiger partial charge on any atom is 0.225 e. The van der Waals surface area contributed by atoms with Crippen molar-refractivity contribution in [3.8, 4) is 0 Å². The second kappa shape index (κ2) is 7.49. The molecular weight excluding hydrogens is 345 g/mol. The minimum atomic E-state index is -1.54. The van der Waals surface area contributed by atoms with Crippen LogP contribution in [0.5, 0.6) is 0 Å². The van der Waals surface area contributed by atoms with Crippen molar-refractivity contribution in [3.63, 3.8) is 0 Å². The van der Waals surface area contributed by atoms with E-state index in [1.54, 1.807) is 6.07 Å². The molecule has 1 saturated carbocycles. The van der Waals surface area contributed by atoms with Crippen LogP contribution in [0.2, 0.25) is 0 Å². The van der Waals surface area contributed by atoms with Crippen LogP contribution in [-0.4, -0.2) is 27.7 Å². The van der Waals surface area contributed by atoms with Gasteiger partial charge in [-0.25, -0.2) is 18.2 Å². The molecule has 1 fully saturated rings. The molecule has 3 rings (SSSR count). The second-order valence-corrected chi connectivity index (χ2v) is 6.80. The van der Waals surface area contributed by atoms with Crippen LogP contribution >= 0.6 is 0 Å². The number of aliphatic hydroxyl groups excluding tert-OH is 1. The lowest BCUT2D eigenvalue weighted by Gasteiger charge is -2.20. The molecule has 8 heteroatoms. The SMILES string of the molecule is CC(C)[C@H](CO)Nc1nc(Nc2ccc(F)c(F)c2F)cc(C2CC2)n1. The molecule has 1 aromatic carbocycles. The Morgan fingerprint density at radius 3 is 2.50 bits per heavy atom. The molecule has 2 aromatic rings. The van der Waals surface area contributed by atoms with E-state index >= 15 is 0 Å². The number of nitrogens with one attached hydrogen (secondary N) is 2. The highest BCUT2D eigenvalue weighted by Gasteiger charge is 2.27. The molecule has 26 heavy (non-hydrogen) atoms. The first kappa shape index (κ1) is 18.4. The molecule has 0 saturated heterocycles. The van der Waals surface area contributed by atoms with E-state index in [9.17, 15) is 18.3 Å². The largest absolute Gasteiger partial charge is 0.394 e. The van der Waals surface area contributed by atoms with Crippen molar-refractivity contribution in [1.29, 1.82) is 0 Å². The van der Waals surface area contributed by atoms with Gasteiger partial charge in [0, 0.05) is 12.0 Å². The van der Waals surface area contributed by atoms with Crippen LogP contribution in [0.1, 0.15) is 38.3 Å². The summed E-state index contributed by atoms with van der Waals surface area (Å²) >= 11 is 0. The Morgan fingerprint density at radius 1 is 1.15 bits per heavy atom. The van der Waals surface area contributed by atoms with Crippen LogP contribution in [0.3, 0.4) is 0 Å². The van der Waals surface area contributed by atoms with Crippen molar-refractivity contribution in [2.75, 3.05) is 17.2 Å².